The molecule has 9 nitrogen and oxygen atoms in total. The monoisotopic (exact) mass is 529 g/mol. The van der Waals surface area contributed by atoms with Crippen molar-refractivity contribution in [2.45, 2.75) is 18.5 Å². The average Bonchev–Trinajstić information content (AvgIpc) is 3.61. The summed E-state index contributed by atoms with van der Waals surface area (Å²) in [5.41, 5.74) is 5.20. The van der Waals surface area contributed by atoms with Crippen LogP contribution in [0.25, 0.3) is 27.8 Å². The highest BCUT2D eigenvalue weighted by atomic mass is 19.1. The summed E-state index contributed by atoms with van der Waals surface area (Å²) in [5, 5.41) is 18.4. The van der Waals surface area contributed by atoms with Gasteiger partial charge in [0.15, 0.2) is 5.82 Å². The summed E-state index contributed by atoms with van der Waals surface area (Å²) >= 11 is 0. The molecule has 0 N–H and O–H groups in total. The van der Waals surface area contributed by atoms with Crippen molar-refractivity contribution < 1.29 is 4.39 Å². The number of halogens is 1. The molecule has 0 aliphatic carbocycles. The Labute approximate surface area is 230 Å². The standard InChI is InChI=1S/C30H24FN9/c1-37-16-23(15-35-37)21-10-26(30-22(12-32)14-36-40(30)17-21)20-6-7-29(34-13-20)38-18-24-11-25(19-38)39(24)9-3-5-28-27(31)4-2-8-33-28/h2,4,6-8,10,13-17,24-25H,9,11,18-19H2,1H3. The van der Waals surface area contributed by atoms with E-state index >= 15 is 0 Å². The van der Waals surface area contributed by atoms with Gasteiger partial charge in [-0.25, -0.2) is 18.9 Å². The molecular formula is C30H24FN9. The molecular weight excluding hydrogens is 505 g/mol. The fraction of sp³-hybridized carbons (Fsp3) is 0.233. The molecule has 0 saturated carbocycles. The third-order valence-electron chi connectivity index (χ3n) is 7.72. The second kappa shape index (κ2) is 9.60. The number of piperazine rings is 1. The Morgan fingerprint density at radius 1 is 1.00 bits per heavy atom. The first kappa shape index (κ1) is 24.0. The van der Waals surface area contributed by atoms with E-state index in [1.165, 1.54) is 6.07 Å². The number of hydrogen-bond acceptors (Lipinski definition) is 7. The lowest BCUT2D eigenvalue weighted by Crippen LogP contribution is -2.68. The number of hydrogen-bond donors (Lipinski definition) is 0. The second-order valence-corrected chi connectivity index (χ2v) is 10.2. The fourth-order valence-corrected chi connectivity index (χ4v) is 5.71. The van der Waals surface area contributed by atoms with Crippen LogP contribution < -0.4 is 4.90 Å². The maximum Gasteiger partial charge on any atom is 0.157 e. The molecule has 2 bridgehead atoms. The molecule has 3 aliphatic rings. The maximum absolute atomic E-state index is 13.8. The van der Waals surface area contributed by atoms with Crippen molar-refractivity contribution in [2.75, 3.05) is 24.5 Å². The lowest BCUT2D eigenvalue weighted by atomic mass is 9.87. The van der Waals surface area contributed by atoms with Crippen LogP contribution in [0.1, 0.15) is 17.7 Å². The molecule has 3 fully saturated rings. The van der Waals surface area contributed by atoms with Crippen molar-refractivity contribution in [3.63, 3.8) is 0 Å². The van der Waals surface area contributed by atoms with E-state index in [1.807, 2.05) is 37.9 Å². The van der Waals surface area contributed by atoms with Gasteiger partial charge in [-0.05, 0) is 42.7 Å². The number of aryl methyl sites for hydroxylation is 1. The highest BCUT2D eigenvalue weighted by Crippen LogP contribution is 2.35. The van der Waals surface area contributed by atoms with E-state index in [2.05, 4.69) is 55.0 Å². The molecule has 8 rings (SSSR count). The summed E-state index contributed by atoms with van der Waals surface area (Å²) in [4.78, 5) is 13.5. The molecule has 8 heterocycles. The second-order valence-electron chi connectivity index (χ2n) is 10.2. The quantitative estimate of drug-likeness (QED) is 0.329. The van der Waals surface area contributed by atoms with Gasteiger partial charge in [-0.1, -0.05) is 5.92 Å². The smallest absolute Gasteiger partial charge is 0.157 e. The molecule has 196 valence electrons. The minimum atomic E-state index is -0.388. The molecule has 0 spiro atoms. The summed E-state index contributed by atoms with van der Waals surface area (Å²) in [7, 11) is 1.88. The summed E-state index contributed by atoms with van der Waals surface area (Å²) in [6.45, 7) is 2.33. The predicted octanol–water partition coefficient (Wildman–Crippen LogP) is 3.52. The van der Waals surface area contributed by atoms with Crippen molar-refractivity contribution in [1.29, 1.82) is 5.26 Å². The zero-order chi connectivity index (χ0) is 27.2. The summed E-state index contributed by atoms with van der Waals surface area (Å²) in [6.07, 6.45) is 11.8. The predicted molar refractivity (Wildman–Crippen MR) is 148 cm³/mol. The third kappa shape index (κ3) is 4.15. The number of fused-ring (bicyclic) bond motifs is 3. The molecule has 2 unspecified atom stereocenters. The SMILES string of the molecule is Cn1cc(-c2cc(-c3ccc(N4CC5CC(C4)N5CC#Cc4ncccc4F)nc3)c3c(C#N)cnn3c2)cn1. The van der Waals surface area contributed by atoms with E-state index in [0.717, 1.165) is 53.1 Å². The van der Waals surface area contributed by atoms with Gasteiger partial charge in [-0.15, -0.1) is 0 Å². The van der Waals surface area contributed by atoms with E-state index in [9.17, 15) is 9.65 Å². The van der Waals surface area contributed by atoms with Crippen molar-refractivity contribution >= 4 is 11.3 Å². The number of nitriles is 1. The minimum Gasteiger partial charge on any atom is -0.353 e. The summed E-state index contributed by atoms with van der Waals surface area (Å²) < 4.78 is 17.3. The Hall–Kier alpha value is -5.06. The highest BCUT2D eigenvalue weighted by molar-refractivity contribution is 5.87. The first-order chi connectivity index (χ1) is 19.6. The maximum atomic E-state index is 13.8. The van der Waals surface area contributed by atoms with Gasteiger partial charge < -0.3 is 4.90 Å². The van der Waals surface area contributed by atoms with Crippen LogP contribution in [0.4, 0.5) is 10.2 Å². The Bertz CT molecular complexity index is 1830. The Kier molecular flexibility index (Phi) is 5.76. The van der Waals surface area contributed by atoms with Crippen LogP contribution in [0.3, 0.4) is 0 Å². The van der Waals surface area contributed by atoms with Crippen LogP contribution in [0, 0.1) is 29.0 Å². The van der Waals surface area contributed by atoms with Crippen molar-refractivity contribution in [1.82, 2.24) is 34.3 Å². The fourth-order valence-electron chi connectivity index (χ4n) is 5.71. The number of pyridine rings is 3. The third-order valence-corrected chi connectivity index (χ3v) is 7.72. The molecule has 0 amide bonds. The van der Waals surface area contributed by atoms with Gasteiger partial charge in [-0.2, -0.15) is 15.5 Å². The normalized spacial score (nSPS) is 18.2. The van der Waals surface area contributed by atoms with E-state index in [0.29, 0.717) is 24.2 Å². The van der Waals surface area contributed by atoms with Crippen LogP contribution >= 0.6 is 0 Å². The average molecular weight is 530 g/mol. The number of aromatic nitrogens is 6. The zero-order valence-corrected chi connectivity index (χ0v) is 21.7. The zero-order valence-electron chi connectivity index (χ0n) is 21.7. The minimum absolute atomic E-state index is 0.195. The van der Waals surface area contributed by atoms with E-state index < -0.39 is 0 Å². The number of piperidine rings is 1. The molecule has 5 aromatic rings. The van der Waals surface area contributed by atoms with Crippen LogP contribution in [0.15, 0.2) is 67.5 Å². The summed E-state index contributed by atoms with van der Waals surface area (Å²) in [6, 6.07) is 12.2. The molecule has 0 radical (unpaired) electrons. The van der Waals surface area contributed by atoms with Gasteiger partial charge in [0.25, 0.3) is 0 Å². The lowest BCUT2D eigenvalue weighted by Gasteiger charge is -2.56. The van der Waals surface area contributed by atoms with Crippen LogP contribution in [-0.4, -0.2) is 66.0 Å². The molecule has 3 aliphatic heterocycles. The highest BCUT2D eigenvalue weighted by Gasteiger charge is 2.44. The number of anilines is 1. The largest absolute Gasteiger partial charge is 0.353 e. The first-order valence-corrected chi connectivity index (χ1v) is 13.0. The van der Waals surface area contributed by atoms with E-state index in [-0.39, 0.29) is 11.5 Å². The van der Waals surface area contributed by atoms with Gasteiger partial charge >= 0.3 is 0 Å². The summed E-state index contributed by atoms with van der Waals surface area (Å²) in [5.74, 6) is 6.50. The Morgan fingerprint density at radius 2 is 1.88 bits per heavy atom. The van der Waals surface area contributed by atoms with Crippen molar-refractivity contribution in [3.8, 4) is 40.2 Å². The molecule has 5 aromatic heterocycles. The number of rotatable bonds is 4. The topological polar surface area (TPSA) is 91.2 Å². The van der Waals surface area contributed by atoms with Crippen LogP contribution in [-0.2, 0) is 7.05 Å². The number of nitrogens with zero attached hydrogens (tertiary/aromatic N) is 9. The molecule has 2 atom stereocenters. The van der Waals surface area contributed by atoms with Gasteiger partial charge in [-0.3, -0.25) is 9.58 Å². The molecule has 10 heteroatoms. The van der Waals surface area contributed by atoms with E-state index in [4.69, 9.17) is 4.98 Å². The van der Waals surface area contributed by atoms with Gasteiger partial charge in [0.2, 0.25) is 0 Å². The molecule has 0 aromatic carbocycles. The van der Waals surface area contributed by atoms with E-state index in [1.54, 1.807) is 27.7 Å². The van der Waals surface area contributed by atoms with Crippen molar-refractivity contribution in [2.24, 2.45) is 7.05 Å². The van der Waals surface area contributed by atoms with Crippen molar-refractivity contribution in [3.05, 3.63) is 84.6 Å². The first-order valence-electron chi connectivity index (χ1n) is 13.0. The van der Waals surface area contributed by atoms with Gasteiger partial charge in [0.1, 0.15) is 17.6 Å². The Balaban J connectivity index is 1.10. The van der Waals surface area contributed by atoms with Crippen LogP contribution in [0.5, 0.6) is 0 Å². The van der Waals surface area contributed by atoms with Gasteiger partial charge in [0, 0.05) is 79.3 Å². The lowest BCUT2D eigenvalue weighted by molar-refractivity contribution is 0.0125. The molecule has 3 saturated heterocycles. The van der Waals surface area contributed by atoms with Crippen LogP contribution in [0.2, 0.25) is 0 Å². The molecule has 40 heavy (non-hydrogen) atoms. The Morgan fingerprint density at radius 3 is 2.60 bits per heavy atom. The van der Waals surface area contributed by atoms with Gasteiger partial charge in [0.05, 0.1) is 30.0 Å².